The quantitative estimate of drug-likeness (QED) is 0.728. The number of rotatable bonds is 1. The Hall–Kier alpha value is -1.52. The van der Waals surface area contributed by atoms with Crippen LogP contribution >= 0.6 is 0 Å². The zero-order valence-corrected chi connectivity index (χ0v) is 8.91. The van der Waals surface area contributed by atoms with Crippen molar-refractivity contribution >= 4 is 5.52 Å². The second kappa shape index (κ2) is 4.82. The van der Waals surface area contributed by atoms with Gasteiger partial charge in [-0.15, -0.1) is 0 Å². The van der Waals surface area contributed by atoms with Crippen molar-refractivity contribution in [2.45, 2.75) is 27.2 Å². The first-order valence-corrected chi connectivity index (χ1v) is 4.76. The van der Waals surface area contributed by atoms with E-state index in [1.807, 2.05) is 20.8 Å². The van der Waals surface area contributed by atoms with E-state index in [2.05, 4.69) is 10.1 Å². The number of fused-ring (bicyclic) bond motifs is 1. The smallest absolute Gasteiger partial charge is 0.251 e. The summed E-state index contributed by atoms with van der Waals surface area (Å²) in [7, 11) is 0. The Morgan fingerprint density at radius 2 is 1.93 bits per heavy atom. The topological polar surface area (TPSA) is 30.2 Å². The third-order valence-electron chi connectivity index (χ3n) is 1.84. The van der Waals surface area contributed by atoms with E-state index in [9.17, 15) is 8.78 Å². The first kappa shape index (κ1) is 11.6. The molecule has 5 heteroatoms. The number of aryl methyl sites for hydroxylation is 1. The van der Waals surface area contributed by atoms with Crippen LogP contribution in [0.1, 0.15) is 31.5 Å². The molecule has 0 aliphatic rings. The highest BCUT2D eigenvalue weighted by atomic mass is 19.3. The molecule has 0 bridgehead atoms. The standard InChI is InChI=1S/C8H7F2N3.C2H6/c1-5-2-12-13-4-6(8(9)10)11-3-7(5)13;1-2/h2-4,8H,1H3;1-2H3. The van der Waals surface area contributed by atoms with Gasteiger partial charge in [0.05, 0.1) is 24.1 Å². The molecule has 0 aromatic carbocycles. The predicted octanol–water partition coefficient (Wildman–Crippen LogP) is 3.00. The molecule has 0 saturated carbocycles. The van der Waals surface area contributed by atoms with Crippen LogP contribution in [0.4, 0.5) is 8.78 Å². The van der Waals surface area contributed by atoms with Crippen LogP contribution in [-0.4, -0.2) is 14.6 Å². The van der Waals surface area contributed by atoms with E-state index >= 15 is 0 Å². The largest absolute Gasteiger partial charge is 0.281 e. The number of alkyl halides is 2. The molecule has 0 amide bonds. The Balaban J connectivity index is 0.000000531. The lowest BCUT2D eigenvalue weighted by atomic mass is 10.3. The molecule has 3 nitrogen and oxygen atoms in total. The number of nitrogens with zero attached hydrogens (tertiary/aromatic N) is 3. The van der Waals surface area contributed by atoms with Crippen molar-refractivity contribution in [3.8, 4) is 0 Å². The summed E-state index contributed by atoms with van der Waals surface area (Å²) < 4.78 is 25.8. The predicted molar refractivity (Wildman–Crippen MR) is 54.0 cm³/mol. The second-order valence-corrected chi connectivity index (χ2v) is 2.77. The minimum atomic E-state index is -2.55. The van der Waals surface area contributed by atoms with Crippen LogP contribution in [0, 0.1) is 6.92 Å². The lowest BCUT2D eigenvalue weighted by molar-refractivity contribution is 0.145. The molecule has 2 aromatic heterocycles. The van der Waals surface area contributed by atoms with Crippen LogP contribution in [0.3, 0.4) is 0 Å². The van der Waals surface area contributed by atoms with E-state index < -0.39 is 6.43 Å². The van der Waals surface area contributed by atoms with Gasteiger partial charge in [0.25, 0.3) is 6.43 Å². The molecule has 2 heterocycles. The Morgan fingerprint density at radius 3 is 2.53 bits per heavy atom. The van der Waals surface area contributed by atoms with Crippen LogP contribution in [0.5, 0.6) is 0 Å². The monoisotopic (exact) mass is 213 g/mol. The molecule has 0 radical (unpaired) electrons. The van der Waals surface area contributed by atoms with Gasteiger partial charge in [0.15, 0.2) is 0 Å². The molecule has 0 fully saturated rings. The average Bonchev–Trinajstić information content (AvgIpc) is 2.63. The molecule has 0 aliphatic carbocycles. The van der Waals surface area contributed by atoms with E-state index in [-0.39, 0.29) is 5.69 Å². The Morgan fingerprint density at radius 1 is 1.27 bits per heavy atom. The maximum absolute atomic E-state index is 12.2. The van der Waals surface area contributed by atoms with Crippen molar-refractivity contribution in [3.63, 3.8) is 0 Å². The summed E-state index contributed by atoms with van der Waals surface area (Å²) in [5.41, 5.74) is 1.42. The van der Waals surface area contributed by atoms with Gasteiger partial charge in [-0.3, -0.25) is 4.98 Å². The van der Waals surface area contributed by atoms with Gasteiger partial charge in [-0.2, -0.15) is 5.10 Å². The second-order valence-electron chi connectivity index (χ2n) is 2.77. The van der Waals surface area contributed by atoms with Crippen LogP contribution in [0.2, 0.25) is 0 Å². The summed E-state index contributed by atoms with van der Waals surface area (Å²) in [6.07, 6.45) is 1.72. The maximum atomic E-state index is 12.2. The van der Waals surface area contributed by atoms with Gasteiger partial charge in [0.1, 0.15) is 5.69 Å². The normalized spacial score (nSPS) is 10.3. The maximum Gasteiger partial charge on any atom is 0.281 e. The van der Waals surface area contributed by atoms with Crippen molar-refractivity contribution in [3.05, 3.63) is 29.8 Å². The zero-order chi connectivity index (χ0) is 11.4. The molecule has 82 valence electrons. The van der Waals surface area contributed by atoms with Gasteiger partial charge in [0.2, 0.25) is 0 Å². The van der Waals surface area contributed by atoms with Crippen LogP contribution < -0.4 is 0 Å². The van der Waals surface area contributed by atoms with Crippen molar-refractivity contribution in [2.75, 3.05) is 0 Å². The molecule has 2 aromatic rings. The van der Waals surface area contributed by atoms with Crippen molar-refractivity contribution in [1.29, 1.82) is 0 Å². The summed E-state index contributed by atoms with van der Waals surface area (Å²) in [5.74, 6) is 0. The molecular weight excluding hydrogens is 200 g/mol. The molecule has 0 atom stereocenters. The van der Waals surface area contributed by atoms with Gasteiger partial charge in [-0.25, -0.2) is 13.3 Å². The molecule has 0 aliphatic heterocycles. The first-order chi connectivity index (χ1) is 7.18. The molecule has 0 saturated heterocycles. The highest BCUT2D eigenvalue weighted by molar-refractivity contribution is 5.50. The molecular formula is C10H13F2N3. The van der Waals surface area contributed by atoms with Gasteiger partial charge >= 0.3 is 0 Å². The fraction of sp³-hybridized carbons (Fsp3) is 0.400. The van der Waals surface area contributed by atoms with Crippen molar-refractivity contribution in [1.82, 2.24) is 14.6 Å². The molecule has 0 spiro atoms. The van der Waals surface area contributed by atoms with Crippen molar-refractivity contribution < 1.29 is 8.78 Å². The van der Waals surface area contributed by atoms with E-state index in [1.54, 1.807) is 6.20 Å². The van der Waals surface area contributed by atoms with Gasteiger partial charge in [-0.1, -0.05) is 13.8 Å². The molecule has 15 heavy (non-hydrogen) atoms. The number of hydrogen-bond donors (Lipinski definition) is 0. The number of aromatic nitrogens is 3. The van der Waals surface area contributed by atoms with Crippen LogP contribution in [0.15, 0.2) is 18.6 Å². The Kier molecular flexibility index (Phi) is 3.71. The molecule has 0 unspecified atom stereocenters. The van der Waals surface area contributed by atoms with Gasteiger partial charge in [-0.05, 0) is 12.5 Å². The minimum Gasteiger partial charge on any atom is -0.251 e. The highest BCUT2D eigenvalue weighted by Crippen LogP contribution is 2.17. The SMILES string of the molecule is CC.Cc1cnn2cc(C(F)F)ncc12. The van der Waals surface area contributed by atoms with Crippen LogP contribution in [0.25, 0.3) is 5.52 Å². The first-order valence-electron chi connectivity index (χ1n) is 4.76. The Bertz CT molecular complexity index is 437. The summed E-state index contributed by atoms with van der Waals surface area (Å²) in [6.45, 7) is 5.85. The van der Waals surface area contributed by atoms with E-state index in [0.717, 1.165) is 11.1 Å². The zero-order valence-electron chi connectivity index (χ0n) is 8.91. The average molecular weight is 213 g/mol. The summed E-state index contributed by atoms with van der Waals surface area (Å²) >= 11 is 0. The van der Waals surface area contributed by atoms with Gasteiger partial charge < -0.3 is 0 Å². The highest BCUT2D eigenvalue weighted by Gasteiger charge is 2.10. The Labute approximate surface area is 86.8 Å². The third-order valence-corrected chi connectivity index (χ3v) is 1.84. The number of halogens is 2. The van der Waals surface area contributed by atoms with E-state index in [1.165, 1.54) is 16.9 Å². The third kappa shape index (κ3) is 2.29. The van der Waals surface area contributed by atoms with E-state index in [0.29, 0.717) is 0 Å². The molecule has 2 rings (SSSR count). The minimum absolute atomic E-state index is 0.254. The summed E-state index contributed by atoms with van der Waals surface area (Å²) in [5, 5.41) is 3.90. The summed E-state index contributed by atoms with van der Waals surface area (Å²) in [4.78, 5) is 3.63. The lowest BCUT2D eigenvalue weighted by Crippen LogP contribution is -1.95. The van der Waals surface area contributed by atoms with Gasteiger partial charge in [0, 0.05) is 0 Å². The summed E-state index contributed by atoms with van der Waals surface area (Å²) in [6, 6.07) is 0. The van der Waals surface area contributed by atoms with Crippen LogP contribution in [-0.2, 0) is 0 Å². The van der Waals surface area contributed by atoms with Crippen molar-refractivity contribution in [2.24, 2.45) is 0 Å². The van der Waals surface area contributed by atoms with E-state index in [4.69, 9.17) is 0 Å². The fourth-order valence-electron chi connectivity index (χ4n) is 1.13. The molecule has 0 N–H and O–H groups in total. The lowest BCUT2D eigenvalue weighted by Gasteiger charge is -1.98. The number of hydrogen-bond acceptors (Lipinski definition) is 2. The fourth-order valence-corrected chi connectivity index (χ4v) is 1.13.